The lowest BCUT2D eigenvalue weighted by molar-refractivity contribution is 0.111. The highest BCUT2D eigenvalue weighted by Gasteiger charge is 2.28. The molecule has 2 heterocycles. The smallest absolute Gasteiger partial charge is 0.0417 e. The highest BCUT2D eigenvalue weighted by atomic mass is 32.1. The second-order valence-electron chi connectivity index (χ2n) is 4.27. The number of thiophene rings is 1. The molecule has 1 fully saturated rings. The molecule has 0 saturated carbocycles. The molecular weight excluding hydrogens is 204 g/mol. The molecule has 2 nitrogen and oxygen atoms in total. The minimum Gasteiger partial charge on any atom is -0.314 e. The summed E-state index contributed by atoms with van der Waals surface area (Å²) >= 11 is 1.93. The highest BCUT2D eigenvalue weighted by Crippen LogP contribution is 2.29. The van der Waals surface area contributed by atoms with Crippen molar-refractivity contribution in [2.45, 2.75) is 32.9 Å². The number of nitrogens with one attached hydrogen (secondary N) is 1. The predicted molar refractivity (Wildman–Crippen MR) is 66.5 cm³/mol. The second kappa shape index (κ2) is 4.64. The molecule has 1 aromatic rings. The van der Waals surface area contributed by atoms with Crippen LogP contribution in [0, 0.1) is 6.92 Å². The van der Waals surface area contributed by atoms with Crippen LogP contribution in [0.3, 0.4) is 0 Å². The van der Waals surface area contributed by atoms with Gasteiger partial charge in [0.25, 0.3) is 0 Å². The lowest BCUT2D eigenvalue weighted by Crippen LogP contribution is -2.57. The summed E-state index contributed by atoms with van der Waals surface area (Å²) in [6.45, 7) is 10.2. The average molecular weight is 224 g/mol. The summed E-state index contributed by atoms with van der Waals surface area (Å²) in [4.78, 5) is 5.52. The Hall–Kier alpha value is -0.380. The first-order chi connectivity index (χ1) is 7.22. The van der Waals surface area contributed by atoms with Crippen LogP contribution in [0.25, 0.3) is 0 Å². The molecule has 0 aliphatic carbocycles. The van der Waals surface area contributed by atoms with Crippen molar-refractivity contribution < 1.29 is 0 Å². The van der Waals surface area contributed by atoms with Crippen LogP contribution in [0.1, 0.15) is 29.6 Å². The van der Waals surface area contributed by atoms with Gasteiger partial charge >= 0.3 is 0 Å². The Morgan fingerprint density at radius 3 is 2.67 bits per heavy atom. The fraction of sp³-hybridized carbons (Fsp3) is 0.667. The zero-order valence-corrected chi connectivity index (χ0v) is 10.6. The topological polar surface area (TPSA) is 15.3 Å². The van der Waals surface area contributed by atoms with Crippen molar-refractivity contribution in [1.82, 2.24) is 10.2 Å². The Kier molecular flexibility index (Phi) is 3.44. The molecule has 84 valence electrons. The van der Waals surface area contributed by atoms with Crippen molar-refractivity contribution in [3.05, 3.63) is 21.9 Å². The first kappa shape index (κ1) is 11.1. The van der Waals surface area contributed by atoms with Crippen molar-refractivity contribution in [1.29, 1.82) is 0 Å². The molecule has 1 aliphatic rings. The number of likely N-dealkylation sites (N-methyl/N-ethyl adjacent to an activating group) is 1. The van der Waals surface area contributed by atoms with Gasteiger partial charge in [0.2, 0.25) is 0 Å². The van der Waals surface area contributed by atoms with Gasteiger partial charge in [-0.3, -0.25) is 4.90 Å². The van der Waals surface area contributed by atoms with Gasteiger partial charge in [-0.25, -0.2) is 0 Å². The minimum atomic E-state index is 0.570. The SMILES string of the molecule is CCN(C1CNC1)C(C)c1ccc(C)s1. The average Bonchev–Trinajstić information content (AvgIpc) is 2.57. The lowest BCUT2D eigenvalue weighted by Gasteiger charge is -2.41. The molecule has 3 heteroatoms. The van der Waals surface area contributed by atoms with Gasteiger partial charge in [-0.2, -0.15) is 0 Å². The van der Waals surface area contributed by atoms with E-state index in [9.17, 15) is 0 Å². The van der Waals surface area contributed by atoms with Gasteiger partial charge in [0.15, 0.2) is 0 Å². The van der Waals surface area contributed by atoms with E-state index < -0.39 is 0 Å². The third-order valence-electron chi connectivity index (χ3n) is 3.26. The molecule has 1 aromatic heterocycles. The molecule has 0 radical (unpaired) electrons. The van der Waals surface area contributed by atoms with E-state index in [0.717, 1.165) is 25.7 Å². The first-order valence-electron chi connectivity index (χ1n) is 5.75. The molecule has 1 saturated heterocycles. The summed E-state index contributed by atoms with van der Waals surface area (Å²) in [5.41, 5.74) is 0. The van der Waals surface area contributed by atoms with Crippen LogP contribution >= 0.6 is 11.3 Å². The van der Waals surface area contributed by atoms with Gasteiger partial charge in [0.05, 0.1) is 0 Å². The van der Waals surface area contributed by atoms with Crippen molar-refractivity contribution in [2.24, 2.45) is 0 Å². The zero-order chi connectivity index (χ0) is 10.8. The molecule has 1 N–H and O–H groups in total. The van der Waals surface area contributed by atoms with Crippen molar-refractivity contribution in [3.8, 4) is 0 Å². The normalized spacial score (nSPS) is 19.2. The fourth-order valence-electron chi connectivity index (χ4n) is 2.20. The number of hydrogen-bond donors (Lipinski definition) is 1. The molecule has 15 heavy (non-hydrogen) atoms. The van der Waals surface area contributed by atoms with E-state index in [-0.39, 0.29) is 0 Å². The Morgan fingerprint density at radius 2 is 2.27 bits per heavy atom. The first-order valence-corrected chi connectivity index (χ1v) is 6.56. The molecule has 1 aliphatic heterocycles. The molecule has 2 rings (SSSR count). The summed E-state index contributed by atoms with van der Waals surface area (Å²) in [7, 11) is 0. The van der Waals surface area contributed by atoms with Gasteiger partial charge in [-0.05, 0) is 32.5 Å². The Labute approximate surface area is 96.3 Å². The summed E-state index contributed by atoms with van der Waals surface area (Å²) < 4.78 is 0. The summed E-state index contributed by atoms with van der Waals surface area (Å²) in [6.07, 6.45) is 0. The Bertz CT molecular complexity index is 317. The zero-order valence-electron chi connectivity index (χ0n) is 9.79. The van der Waals surface area contributed by atoms with Gasteiger partial charge < -0.3 is 5.32 Å². The summed E-state index contributed by atoms with van der Waals surface area (Å²) in [6, 6.07) is 5.82. The van der Waals surface area contributed by atoms with Crippen LogP contribution in [-0.4, -0.2) is 30.6 Å². The maximum atomic E-state index is 3.35. The molecule has 0 bridgehead atoms. The van der Waals surface area contributed by atoms with Crippen LogP contribution in [0.15, 0.2) is 12.1 Å². The minimum absolute atomic E-state index is 0.570. The Balaban J connectivity index is 2.07. The molecule has 0 spiro atoms. The molecule has 0 amide bonds. The third-order valence-corrected chi connectivity index (χ3v) is 4.44. The van der Waals surface area contributed by atoms with E-state index in [0.29, 0.717) is 6.04 Å². The maximum Gasteiger partial charge on any atom is 0.0417 e. The third kappa shape index (κ3) is 2.25. The number of nitrogens with zero attached hydrogens (tertiary/aromatic N) is 1. The van der Waals surface area contributed by atoms with E-state index in [1.54, 1.807) is 0 Å². The monoisotopic (exact) mass is 224 g/mol. The van der Waals surface area contributed by atoms with Crippen LogP contribution < -0.4 is 5.32 Å². The number of rotatable bonds is 4. The lowest BCUT2D eigenvalue weighted by atomic mass is 10.1. The van der Waals surface area contributed by atoms with Crippen LogP contribution in [0.4, 0.5) is 0 Å². The van der Waals surface area contributed by atoms with Gasteiger partial charge in [0, 0.05) is 34.9 Å². The van der Waals surface area contributed by atoms with Gasteiger partial charge in [0.1, 0.15) is 0 Å². The molecule has 1 unspecified atom stereocenters. The second-order valence-corrected chi connectivity index (χ2v) is 5.59. The number of hydrogen-bond acceptors (Lipinski definition) is 3. The standard InChI is InChI=1S/C12H20N2S/c1-4-14(11-7-13-8-11)10(3)12-6-5-9(2)15-12/h5-6,10-11,13H,4,7-8H2,1-3H3. The van der Waals surface area contributed by atoms with Crippen molar-refractivity contribution in [2.75, 3.05) is 19.6 Å². The predicted octanol–water partition coefficient (Wildman–Crippen LogP) is 2.41. The summed E-state index contributed by atoms with van der Waals surface area (Å²) in [5, 5.41) is 3.35. The molecule has 0 aromatic carbocycles. The van der Waals surface area contributed by atoms with Crippen molar-refractivity contribution >= 4 is 11.3 Å². The summed E-state index contributed by atoms with van der Waals surface area (Å²) in [5.74, 6) is 0. The molecular formula is C12H20N2S. The van der Waals surface area contributed by atoms with Gasteiger partial charge in [-0.15, -0.1) is 11.3 Å². The van der Waals surface area contributed by atoms with Crippen LogP contribution in [-0.2, 0) is 0 Å². The van der Waals surface area contributed by atoms with E-state index in [2.05, 4.69) is 43.1 Å². The van der Waals surface area contributed by atoms with E-state index >= 15 is 0 Å². The quantitative estimate of drug-likeness (QED) is 0.845. The van der Waals surface area contributed by atoms with E-state index in [1.807, 2.05) is 11.3 Å². The van der Waals surface area contributed by atoms with Crippen LogP contribution in [0.2, 0.25) is 0 Å². The van der Waals surface area contributed by atoms with E-state index in [4.69, 9.17) is 0 Å². The van der Waals surface area contributed by atoms with Crippen molar-refractivity contribution in [3.63, 3.8) is 0 Å². The van der Waals surface area contributed by atoms with E-state index in [1.165, 1.54) is 9.75 Å². The fourth-order valence-corrected chi connectivity index (χ4v) is 3.15. The maximum absolute atomic E-state index is 3.35. The Morgan fingerprint density at radius 1 is 1.53 bits per heavy atom. The highest BCUT2D eigenvalue weighted by molar-refractivity contribution is 7.12. The van der Waals surface area contributed by atoms with Gasteiger partial charge in [-0.1, -0.05) is 6.92 Å². The largest absolute Gasteiger partial charge is 0.314 e. The van der Waals surface area contributed by atoms with Crippen LogP contribution in [0.5, 0.6) is 0 Å². The number of aryl methyl sites for hydroxylation is 1. The molecule has 1 atom stereocenters.